The van der Waals surface area contributed by atoms with Crippen LogP contribution in [0.5, 0.6) is 0 Å². The van der Waals surface area contributed by atoms with Crippen LogP contribution >= 0.6 is 11.8 Å². The Morgan fingerprint density at radius 2 is 2.17 bits per heavy atom. The SMILES string of the molecule is C[n+]1[nH]oc(=O)c1C(=O)CSc1nnc2c(n1)[nH]c1ccccc12. The van der Waals surface area contributed by atoms with Gasteiger partial charge in [-0.25, -0.2) is 9.78 Å². The molecule has 0 amide bonds. The van der Waals surface area contributed by atoms with Crippen molar-refractivity contribution in [3.05, 3.63) is 40.4 Å². The van der Waals surface area contributed by atoms with E-state index in [9.17, 15) is 9.59 Å². The molecule has 0 saturated heterocycles. The van der Waals surface area contributed by atoms with Gasteiger partial charge in [-0.15, -0.1) is 10.2 Å². The van der Waals surface area contributed by atoms with Gasteiger partial charge in [0.1, 0.15) is 5.52 Å². The monoisotopic (exact) mass is 343 g/mol. The molecule has 9 nitrogen and oxygen atoms in total. The summed E-state index contributed by atoms with van der Waals surface area (Å²) in [5.41, 5.74) is 1.45. The Balaban J connectivity index is 1.60. The normalized spacial score (nSPS) is 11.4. The standard InChI is InChI=1S/C14H10N6O3S/c1-20-11(13(22)23-19-20)9(21)6-24-14-16-12-10(17-18-14)7-4-2-3-5-8(7)15-12/h2-5H,6H2,1H3,(H-,15,16,17,18,19,21,22)/p+1. The van der Waals surface area contributed by atoms with Gasteiger partial charge in [0.15, 0.2) is 12.7 Å². The molecule has 10 heteroatoms. The Labute approximate surface area is 138 Å². The molecule has 0 fully saturated rings. The number of nitrogens with zero attached hydrogens (tertiary/aromatic N) is 4. The van der Waals surface area contributed by atoms with Crippen molar-refractivity contribution in [3.8, 4) is 0 Å². The molecular weight excluding hydrogens is 332 g/mol. The summed E-state index contributed by atoms with van der Waals surface area (Å²) < 4.78 is 5.80. The molecule has 0 atom stereocenters. The van der Waals surface area contributed by atoms with E-state index < -0.39 is 5.63 Å². The van der Waals surface area contributed by atoms with E-state index in [0.717, 1.165) is 22.7 Å². The van der Waals surface area contributed by atoms with Gasteiger partial charge in [0.05, 0.1) is 5.75 Å². The molecule has 0 unspecified atom stereocenters. The zero-order chi connectivity index (χ0) is 16.7. The number of ketones is 1. The lowest BCUT2D eigenvalue weighted by atomic mass is 10.2. The number of fused-ring (bicyclic) bond motifs is 3. The number of aromatic nitrogens is 6. The minimum atomic E-state index is -0.701. The summed E-state index contributed by atoms with van der Waals surface area (Å²) in [6, 6.07) is 7.70. The number of hydrogen-bond donors (Lipinski definition) is 2. The number of para-hydroxylation sites is 1. The van der Waals surface area contributed by atoms with Gasteiger partial charge in [-0.3, -0.25) is 9.32 Å². The van der Waals surface area contributed by atoms with Crippen LogP contribution in [0.25, 0.3) is 22.1 Å². The summed E-state index contributed by atoms with van der Waals surface area (Å²) in [6.07, 6.45) is 0. The van der Waals surface area contributed by atoms with E-state index in [-0.39, 0.29) is 17.2 Å². The molecule has 4 aromatic rings. The average Bonchev–Trinajstić information content (AvgIpc) is 3.12. The molecule has 1 aromatic carbocycles. The lowest BCUT2D eigenvalue weighted by Crippen LogP contribution is -2.39. The third kappa shape index (κ3) is 2.36. The lowest BCUT2D eigenvalue weighted by Gasteiger charge is -1.96. The van der Waals surface area contributed by atoms with Gasteiger partial charge in [-0.05, 0) is 11.3 Å². The number of benzene rings is 1. The van der Waals surface area contributed by atoms with Crippen molar-refractivity contribution >= 4 is 39.6 Å². The summed E-state index contributed by atoms with van der Waals surface area (Å²) in [5, 5.41) is 11.8. The van der Waals surface area contributed by atoms with Crippen molar-refractivity contribution in [2.75, 3.05) is 5.75 Å². The van der Waals surface area contributed by atoms with Crippen LogP contribution in [-0.2, 0) is 7.05 Å². The van der Waals surface area contributed by atoms with Crippen LogP contribution in [0, 0.1) is 0 Å². The minimum absolute atomic E-state index is 0.00384. The van der Waals surface area contributed by atoms with Gasteiger partial charge < -0.3 is 4.98 Å². The Morgan fingerprint density at radius 3 is 2.96 bits per heavy atom. The Morgan fingerprint density at radius 1 is 1.33 bits per heavy atom. The molecular formula is C14H11N6O3S+. The second-order valence-corrected chi connectivity index (χ2v) is 6.00. The van der Waals surface area contributed by atoms with E-state index in [4.69, 9.17) is 0 Å². The van der Waals surface area contributed by atoms with Crippen molar-refractivity contribution in [2.45, 2.75) is 5.16 Å². The highest BCUT2D eigenvalue weighted by molar-refractivity contribution is 7.99. The fraction of sp³-hybridized carbons (Fsp3) is 0.143. The largest absolute Gasteiger partial charge is 0.438 e. The fourth-order valence-electron chi connectivity index (χ4n) is 2.41. The molecule has 0 aliphatic heterocycles. The van der Waals surface area contributed by atoms with Crippen LogP contribution in [0.2, 0.25) is 0 Å². The molecule has 0 aliphatic carbocycles. The summed E-state index contributed by atoms with van der Waals surface area (Å²) >= 11 is 1.11. The number of H-pyrrole nitrogens is 2. The smallest absolute Gasteiger partial charge is 0.338 e. The van der Waals surface area contributed by atoms with Crippen molar-refractivity contribution in [1.82, 2.24) is 25.4 Å². The van der Waals surface area contributed by atoms with Crippen LogP contribution in [0.4, 0.5) is 0 Å². The van der Waals surface area contributed by atoms with E-state index in [2.05, 4.69) is 30.0 Å². The van der Waals surface area contributed by atoms with Crippen LogP contribution in [0.1, 0.15) is 10.5 Å². The summed E-state index contributed by atoms with van der Waals surface area (Å²) in [7, 11) is 1.53. The number of carbonyl (C=O) groups excluding carboxylic acids is 1. The molecule has 2 N–H and O–H groups in total. The zero-order valence-electron chi connectivity index (χ0n) is 12.4. The molecule has 3 aromatic heterocycles. The van der Waals surface area contributed by atoms with E-state index in [1.54, 1.807) is 0 Å². The number of Topliss-reactive ketones (excluding diaryl/α,β-unsaturated/α-hetero) is 1. The summed E-state index contributed by atoms with van der Waals surface area (Å²) in [6.45, 7) is 0. The van der Waals surface area contributed by atoms with E-state index in [1.807, 2.05) is 24.3 Å². The minimum Gasteiger partial charge on any atom is -0.338 e. The number of thioether (sulfide) groups is 1. The molecule has 0 radical (unpaired) electrons. The van der Waals surface area contributed by atoms with Crippen LogP contribution in [0.3, 0.4) is 0 Å². The second-order valence-electron chi connectivity index (χ2n) is 5.06. The number of rotatable bonds is 4. The van der Waals surface area contributed by atoms with E-state index >= 15 is 0 Å². The van der Waals surface area contributed by atoms with Crippen molar-refractivity contribution in [2.24, 2.45) is 7.05 Å². The number of nitrogens with one attached hydrogen (secondary N) is 2. The fourth-order valence-corrected chi connectivity index (χ4v) is 3.06. The Hall–Kier alpha value is -3.01. The first-order chi connectivity index (χ1) is 11.6. The maximum absolute atomic E-state index is 12.1. The van der Waals surface area contributed by atoms with Gasteiger partial charge in [0.25, 0.3) is 0 Å². The summed E-state index contributed by atoms with van der Waals surface area (Å²) in [5.74, 6) is -0.373. The molecule has 0 bridgehead atoms. The maximum atomic E-state index is 12.1. The van der Waals surface area contributed by atoms with Gasteiger partial charge in [0.2, 0.25) is 10.9 Å². The van der Waals surface area contributed by atoms with E-state index in [0.29, 0.717) is 16.3 Å². The van der Waals surface area contributed by atoms with Gasteiger partial charge in [0, 0.05) is 10.9 Å². The lowest BCUT2D eigenvalue weighted by molar-refractivity contribution is -0.741. The predicted molar refractivity (Wildman–Crippen MR) is 84.7 cm³/mol. The topological polar surface area (TPSA) is 121 Å². The Bertz CT molecular complexity index is 1130. The van der Waals surface area contributed by atoms with Gasteiger partial charge in [-0.2, -0.15) is 0 Å². The molecule has 0 spiro atoms. The van der Waals surface area contributed by atoms with E-state index in [1.165, 1.54) is 11.7 Å². The number of aryl methyl sites for hydroxylation is 1. The van der Waals surface area contributed by atoms with Crippen LogP contribution < -0.4 is 10.3 Å². The van der Waals surface area contributed by atoms with Crippen molar-refractivity contribution in [1.29, 1.82) is 0 Å². The molecule has 120 valence electrons. The predicted octanol–water partition coefficient (Wildman–Crippen LogP) is 0.587. The third-order valence-corrected chi connectivity index (χ3v) is 4.34. The Kier molecular flexibility index (Phi) is 3.38. The summed E-state index contributed by atoms with van der Waals surface area (Å²) in [4.78, 5) is 31.1. The molecule has 24 heavy (non-hydrogen) atoms. The molecule has 3 heterocycles. The van der Waals surface area contributed by atoms with Crippen LogP contribution in [-0.4, -0.2) is 37.0 Å². The first kappa shape index (κ1) is 14.6. The highest BCUT2D eigenvalue weighted by Gasteiger charge is 2.26. The first-order valence-corrected chi connectivity index (χ1v) is 7.96. The quantitative estimate of drug-likeness (QED) is 0.316. The molecule has 0 saturated carbocycles. The zero-order valence-corrected chi connectivity index (χ0v) is 13.3. The number of aromatic amines is 2. The number of carbonyl (C=O) groups is 1. The van der Waals surface area contributed by atoms with Gasteiger partial charge in [-0.1, -0.05) is 34.6 Å². The highest BCUT2D eigenvalue weighted by Crippen LogP contribution is 2.23. The molecule has 4 rings (SSSR count). The number of hydrogen-bond acceptors (Lipinski definition) is 7. The maximum Gasteiger partial charge on any atom is 0.438 e. The van der Waals surface area contributed by atoms with Crippen molar-refractivity contribution < 1.29 is 14.0 Å². The highest BCUT2D eigenvalue weighted by atomic mass is 32.2. The van der Waals surface area contributed by atoms with Crippen LogP contribution in [0.15, 0.2) is 38.7 Å². The van der Waals surface area contributed by atoms with Crippen molar-refractivity contribution in [3.63, 3.8) is 0 Å². The first-order valence-electron chi connectivity index (χ1n) is 6.98. The second kappa shape index (κ2) is 5.57. The molecule has 0 aliphatic rings. The third-order valence-electron chi connectivity index (χ3n) is 3.50. The average molecular weight is 343 g/mol. The van der Waals surface area contributed by atoms with Gasteiger partial charge >= 0.3 is 11.3 Å².